The van der Waals surface area contributed by atoms with Gasteiger partial charge in [-0.15, -0.1) is 0 Å². The fraction of sp³-hybridized carbons (Fsp3) is 0.308. The molecule has 1 heterocycles. The Labute approximate surface area is 115 Å². The number of aromatic amines is 2. The summed E-state index contributed by atoms with van der Waals surface area (Å²) in [5.74, 6) is 0.518. The average molecular weight is 275 g/mol. The number of urea groups is 1. The minimum absolute atomic E-state index is 0.274. The van der Waals surface area contributed by atoms with E-state index in [0.717, 1.165) is 17.7 Å². The lowest BCUT2D eigenvalue weighted by molar-refractivity contribution is 0.252. The van der Waals surface area contributed by atoms with Crippen LogP contribution in [0.2, 0.25) is 0 Å². The Morgan fingerprint density at radius 3 is 2.85 bits per heavy atom. The molecule has 0 unspecified atom stereocenters. The van der Waals surface area contributed by atoms with Crippen molar-refractivity contribution < 1.29 is 4.79 Å². The molecule has 2 rings (SSSR count). The Morgan fingerprint density at radius 2 is 2.15 bits per heavy atom. The van der Waals surface area contributed by atoms with Crippen LogP contribution in [0.4, 0.5) is 10.5 Å². The first kappa shape index (κ1) is 13.9. The summed E-state index contributed by atoms with van der Waals surface area (Å²) in [7, 11) is 0. The summed E-state index contributed by atoms with van der Waals surface area (Å²) in [6.07, 6.45) is 1.31. The number of amides is 2. The molecule has 2 amide bonds. The van der Waals surface area contributed by atoms with Crippen LogP contribution in [-0.2, 0) is 12.8 Å². The van der Waals surface area contributed by atoms with Gasteiger partial charge in [0, 0.05) is 18.7 Å². The number of benzene rings is 1. The van der Waals surface area contributed by atoms with Crippen LogP contribution in [0, 0.1) is 0 Å². The lowest BCUT2D eigenvalue weighted by Crippen LogP contribution is -2.31. The maximum Gasteiger partial charge on any atom is 0.340 e. The molecule has 0 radical (unpaired) electrons. The minimum atomic E-state index is -0.346. The zero-order valence-corrected chi connectivity index (χ0v) is 11.2. The van der Waals surface area contributed by atoms with Crippen molar-refractivity contribution >= 4 is 11.7 Å². The summed E-state index contributed by atoms with van der Waals surface area (Å²) < 4.78 is 0. The van der Waals surface area contributed by atoms with Crippen LogP contribution in [0.15, 0.2) is 29.1 Å². The number of rotatable bonds is 5. The zero-order chi connectivity index (χ0) is 14.4. The van der Waals surface area contributed by atoms with Crippen LogP contribution in [0.25, 0.3) is 0 Å². The number of carbonyl (C=O) groups excluding carboxylic acids is 1. The highest BCUT2D eigenvalue weighted by atomic mass is 16.2. The molecule has 0 aliphatic rings. The molecule has 106 valence electrons. The van der Waals surface area contributed by atoms with E-state index < -0.39 is 0 Å². The standard InChI is InChI=1S/C13H17N5O2/c1-2-9-5-3-4-6-10(9)15-12(19)14-8-7-11-16-13(20)18-17-11/h3-6H,2,7-8H2,1H3,(H2,14,15,19)(H2,16,17,18,20). The second-order valence-electron chi connectivity index (χ2n) is 4.27. The van der Waals surface area contributed by atoms with Crippen molar-refractivity contribution in [1.29, 1.82) is 0 Å². The molecule has 7 heteroatoms. The van der Waals surface area contributed by atoms with Crippen LogP contribution in [-0.4, -0.2) is 27.8 Å². The van der Waals surface area contributed by atoms with Gasteiger partial charge < -0.3 is 10.6 Å². The van der Waals surface area contributed by atoms with Gasteiger partial charge in [0.25, 0.3) is 0 Å². The first-order chi connectivity index (χ1) is 9.69. The van der Waals surface area contributed by atoms with E-state index in [-0.39, 0.29) is 11.7 Å². The van der Waals surface area contributed by atoms with E-state index in [0.29, 0.717) is 18.8 Å². The monoisotopic (exact) mass is 275 g/mol. The summed E-state index contributed by atoms with van der Waals surface area (Å²) in [4.78, 5) is 25.1. The molecule has 0 saturated heterocycles. The van der Waals surface area contributed by atoms with Crippen LogP contribution in [0.5, 0.6) is 0 Å². The Kier molecular flexibility index (Phi) is 4.54. The quantitative estimate of drug-likeness (QED) is 0.655. The van der Waals surface area contributed by atoms with Gasteiger partial charge in [-0.3, -0.25) is 4.98 Å². The molecule has 1 aromatic heterocycles. The number of nitrogens with zero attached hydrogens (tertiary/aromatic N) is 1. The molecule has 7 nitrogen and oxygen atoms in total. The number of nitrogens with one attached hydrogen (secondary N) is 4. The number of aromatic nitrogens is 3. The number of carbonyl (C=O) groups is 1. The number of aryl methyl sites for hydroxylation is 1. The molecular weight excluding hydrogens is 258 g/mol. The van der Waals surface area contributed by atoms with E-state index >= 15 is 0 Å². The fourth-order valence-electron chi connectivity index (χ4n) is 1.84. The molecule has 0 bridgehead atoms. The highest BCUT2D eigenvalue weighted by Gasteiger charge is 2.05. The van der Waals surface area contributed by atoms with Gasteiger partial charge in [-0.25, -0.2) is 14.7 Å². The summed E-state index contributed by atoms with van der Waals surface area (Å²) in [5, 5.41) is 11.5. The molecule has 0 aliphatic carbocycles. The summed E-state index contributed by atoms with van der Waals surface area (Å²) in [6.45, 7) is 2.42. The zero-order valence-electron chi connectivity index (χ0n) is 11.2. The van der Waals surface area contributed by atoms with Crippen molar-refractivity contribution in [1.82, 2.24) is 20.5 Å². The fourth-order valence-corrected chi connectivity index (χ4v) is 1.84. The van der Waals surface area contributed by atoms with Crippen molar-refractivity contribution in [2.45, 2.75) is 19.8 Å². The second kappa shape index (κ2) is 6.55. The summed E-state index contributed by atoms with van der Waals surface area (Å²) >= 11 is 0. The predicted octanol–water partition coefficient (Wildman–Crippen LogP) is 1.02. The van der Waals surface area contributed by atoms with Gasteiger partial charge in [0.1, 0.15) is 5.82 Å². The van der Waals surface area contributed by atoms with Gasteiger partial charge in [-0.05, 0) is 18.1 Å². The van der Waals surface area contributed by atoms with Crippen LogP contribution in [0.3, 0.4) is 0 Å². The number of hydrogen-bond acceptors (Lipinski definition) is 3. The number of anilines is 1. The highest BCUT2D eigenvalue weighted by molar-refractivity contribution is 5.90. The van der Waals surface area contributed by atoms with E-state index in [2.05, 4.69) is 25.8 Å². The predicted molar refractivity (Wildman–Crippen MR) is 75.8 cm³/mol. The molecule has 4 N–H and O–H groups in total. The van der Waals surface area contributed by atoms with E-state index in [4.69, 9.17) is 0 Å². The molecular formula is C13H17N5O2. The third-order valence-corrected chi connectivity index (χ3v) is 2.84. The van der Waals surface area contributed by atoms with Crippen molar-refractivity contribution in [3.63, 3.8) is 0 Å². The topological polar surface area (TPSA) is 103 Å². The van der Waals surface area contributed by atoms with Crippen LogP contribution in [0.1, 0.15) is 18.3 Å². The lowest BCUT2D eigenvalue weighted by atomic mass is 10.1. The Hall–Kier alpha value is -2.57. The van der Waals surface area contributed by atoms with Gasteiger partial charge in [-0.2, -0.15) is 5.10 Å². The summed E-state index contributed by atoms with van der Waals surface area (Å²) in [6, 6.07) is 7.39. The lowest BCUT2D eigenvalue weighted by Gasteiger charge is -2.10. The highest BCUT2D eigenvalue weighted by Crippen LogP contribution is 2.14. The van der Waals surface area contributed by atoms with Gasteiger partial charge in [-0.1, -0.05) is 25.1 Å². The Balaban J connectivity index is 1.82. The third kappa shape index (κ3) is 3.71. The number of hydrogen-bond donors (Lipinski definition) is 4. The van der Waals surface area contributed by atoms with Gasteiger partial charge in [0.15, 0.2) is 0 Å². The van der Waals surface area contributed by atoms with E-state index in [1.165, 1.54) is 0 Å². The first-order valence-electron chi connectivity index (χ1n) is 6.45. The Morgan fingerprint density at radius 1 is 1.35 bits per heavy atom. The molecule has 2 aromatic rings. The molecule has 1 aromatic carbocycles. The molecule has 20 heavy (non-hydrogen) atoms. The van der Waals surface area contributed by atoms with Crippen molar-refractivity contribution in [3.8, 4) is 0 Å². The maximum absolute atomic E-state index is 11.8. The molecule has 0 atom stereocenters. The van der Waals surface area contributed by atoms with Gasteiger partial charge >= 0.3 is 11.7 Å². The van der Waals surface area contributed by atoms with E-state index in [1.54, 1.807) is 0 Å². The third-order valence-electron chi connectivity index (χ3n) is 2.84. The summed E-state index contributed by atoms with van der Waals surface area (Å²) in [5.41, 5.74) is 1.54. The normalized spacial score (nSPS) is 10.2. The van der Waals surface area contributed by atoms with Crippen molar-refractivity contribution in [2.24, 2.45) is 0 Å². The number of para-hydroxylation sites is 1. The minimum Gasteiger partial charge on any atom is -0.337 e. The SMILES string of the molecule is CCc1ccccc1NC(=O)NCCc1n[nH]c(=O)[nH]1. The van der Waals surface area contributed by atoms with Crippen LogP contribution < -0.4 is 16.3 Å². The van der Waals surface area contributed by atoms with E-state index in [1.807, 2.05) is 31.2 Å². The molecule has 0 aliphatic heterocycles. The first-order valence-corrected chi connectivity index (χ1v) is 6.45. The maximum atomic E-state index is 11.8. The molecule has 0 spiro atoms. The van der Waals surface area contributed by atoms with Crippen molar-refractivity contribution in [3.05, 3.63) is 46.1 Å². The molecule has 0 saturated carbocycles. The largest absolute Gasteiger partial charge is 0.340 e. The van der Waals surface area contributed by atoms with Crippen molar-refractivity contribution in [2.75, 3.05) is 11.9 Å². The average Bonchev–Trinajstić information content (AvgIpc) is 2.85. The number of H-pyrrole nitrogens is 2. The Bertz CT molecular complexity index is 631. The molecule has 0 fully saturated rings. The van der Waals surface area contributed by atoms with Gasteiger partial charge in [0.05, 0.1) is 0 Å². The smallest absolute Gasteiger partial charge is 0.337 e. The van der Waals surface area contributed by atoms with Gasteiger partial charge in [0.2, 0.25) is 0 Å². The second-order valence-corrected chi connectivity index (χ2v) is 4.27. The van der Waals surface area contributed by atoms with E-state index in [9.17, 15) is 9.59 Å². The van der Waals surface area contributed by atoms with Crippen LogP contribution >= 0.6 is 0 Å².